The molecule has 1 aromatic rings. The number of aryl methyl sites for hydroxylation is 1. The molecule has 19 heavy (non-hydrogen) atoms. The lowest BCUT2D eigenvalue weighted by Crippen LogP contribution is -2.40. The van der Waals surface area contributed by atoms with Crippen molar-refractivity contribution in [3.05, 3.63) is 48.6 Å². The fourth-order valence-corrected chi connectivity index (χ4v) is 1.71. The van der Waals surface area contributed by atoms with Crippen molar-refractivity contribution in [2.75, 3.05) is 0 Å². The van der Waals surface area contributed by atoms with Crippen LogP contribution in [-0.2, 0) is 16.0 Å². The highest BCUT2D eigenvalue weighted by molar-refractivity contribution is 5.83. The molecule has 0 aromatic heterocycles. The Balaban J connectivity index is 2.40. The summed E-state index contributed by atoms with van der Waals surface area (Å²) in [5, 5.41) is 11.5. The van der Waals surface area contributed by atoms with Gasteiger partial charge in [0, 0.05) is 6.42 Å². The minimum atomic E-state index is -1.00. The monoisotopic (exact) mass is 261 g/mol. The van der Waals surface area contributed by atoms with E-state index in [0.717, 1.165) is 5.56 Å². The van der Waals surface area contributed by atoms with Crippen molar-refractivity contribution in [2.45, 2.75) is 31.7 Å². The van der Waals surface area contributed by atoms with Crippen molar-refractivity contribution in [1.29, 1.82) is 0 Å². The Morgan fingerprint density at radius 2 is 2.00 bits per heavy atom. The van der Waals surface area contributed by atoms with Crippen LogP contribution in [0.15, 0.2) is 43.0 Å². The van der Waals surface area contributed by atoms with Crippen molar-refractivity contribution < 1.29 is 14.7 Å². The van der Waals surface area contributed by atoms with Gasteiger partial charge >= 0.3 is 5.97 Å². The van der Waals surface area contributed by atoms with Crippen molar-refractivity contribution in [3.63, 3.8) is 0 Å². The number of rotatable bonds is 8. The number of aliphatic carboxylic acids is 1. The highest BCUT2D eigenvalue weighted by atomic mass is 16.4. The van der Waals surface area contributed by atoms with E-state index in [0.29, 0.717) is 25.7 Å². The molecule has 1 atom stereocenters. The Hall–Kier alpha value is -2.10. The van der Waals surface area contributed by atoms with Gasteiger partial charge in [-0.1, -0.05) is 36.4 Å². The molecule has 0 aliphatic carbocycles. The zero-order chi connectivity index (χ0) is 14.1. The number of hydrogen-bond donors (Lipinski definition) is 2. The Morgan fingerprint density at radius 3 is 2.58 bits per heavy atom. The molecular weight excluding hydrogens is 242 g/mol. The number of allylic oxidation sites excluding steroid dienone is 1. The van der Waals surface area contributed by atoms with Crippen molar-refractivity contribution in [2.24, 2.45) is 0 Å². The van der Waals surface area contributed by atoms with E-state index in [2.05, 4.69) is 11.9 Å². The molecule has 0 heterocycles. The van der Waals surface area contributed by atoms with E-state index in [1.807, 2.05) is 30.3 Å². The Morgan fingerprint density at radius 1 is 1.32 bits per heavy atom. The summed E-state index contributed by atoms with van der Waals surface area (Å²) in [4.78, 5) is 22.7. The van der Waals surface area contributed by atoms with E-state index in [-0.39, 0.29) is 5.91 Å². The smallest absolute Gasteiger partial charge is 0.326 e. The lowest BCUT2D eigenvalue weighted by atomic mass is 10.1. The molecule has 0 aliphatic rings. The van der Waals surface area contributed by atoms with Crippen LogP contribution in [0.25, 0.3) is 0 Å². The summed E-state index contributed by atoms with van der Waals surface area (Å²) in [6, 6.07) is 8.80. The standard InChI is InChI=1S/C15H19NO3/c1-2-3-9-13(15(18)19)16-14(17)11-10-12-7-5-4-6-8-12/h2,4-8,13H,1,3,9-11H2,(H,16,17)(H,18,19). The van der Waals surface area contributed by atoms with Gasteiger partial charge in [-0.2, -0.15) is 0 Å². The van der Waals surface area contributed by atoms with E-state index in [9.17, 15) is 9.59 Å². The number of carboxylic acid groups (broad SMARTS) is 1. The minimum absolute atomic E-state index is 0.236. The first-order valence-corrected chi connectivity index (χ1v) is 6.30. The molecule has 102 valence electrons. The highest BCUT2D eigenvalue weighted by Gasteiger charge is 2.18. The van der Waals surface area contributed by atoms with Gasteiger partial charge in [-0.15, -0.1) is 6.58 Å². The SMILES string of the molecule is C=CCCC(NC(=O)CCc1ccccc1)C(=O)O. The van der Waals surface area contributed by atoms with Crippen LogP contribution in [0.5, 0.6) is 0 Å². The fourth-order valence-electron chi connectivity index (χ4n) is 1.71. The molecule has 1 aromatic carbocycles. The van der Waals surface area contributed by atoms with Crippen molar-refractivity contribution >= 4 is 11.9 Å². The van der Waals surface area contributed by atoms with Crippen LogP contribution in [0.4, 0.5) is 0 Å². The first-order chi connectivity index (χ1) is 9.13. The van der Waals surface area contributed by atoms with E-state index in [1.165, 1.54) is 0 Å². The van der Waals surface area contributed by atoms with Crippen LogP contribution in [0, 0.1) is 0 Å². The van der Waals surface area contributed by atoms with Gasteiger partial charge in [0.2, 0.25) is 5.91 Å². The molecule has 0 saturated heterocycles. The Bertz CT molecular complexity index is 428. The van der Waals surface area contributed by atoms with Gasteiger partial charge in [-0.25, -0.2) is 4.79 Å². The number of carboxylic acids is 1. The fraction of sp³-hybridized carbons (Fsp3) is 0.333. The van der Waals surface area contributed by atoms with Crippen LogP contribution in [0.2, 0.25) is 0 Å². The van der Waals surface area contributed by atoms with Crippen LogP contribution in [0.1, 0.15) is 24.8 Å². The predicted octanol–water partition coefficient (Wildman–Crippen LogP) is 2.15. The van der Waals surface area contributed by atoms with E-state index in [1.54, 1.807) is 6.08 Å². The summed E-state index contributed by atoms with van der Waals surface area (Å²) < 4.78 is 0. The van der Waals surface area contributed by atoms with Crippen molar-refractivity contribution in [3.8, 4) is 0 Å². The lowest BCUT2D eigenvalue weighted by molar-refractivity contribution is -0.142. The van der Waals surface area contributed by atoms with Gasteiger partial charge in [-0.3, -0.25) is 4.79 Å². The summed E-state index contributed by atoms with van der Waals surface area (Å²) in [5.41, 5.74) is 1.07. The Labute approximate surface area is 113 Å². The van der Waals surface area contributed by atoms with Crippen LogP contribution < -0.4 is 5.32 Å². The molecule has 1 amide bonds. The van der Waals surface area contributed by atoms with E-state index >= 15 is 0 Å². The molecule has 1 rings (SSSR count). The van der Waals surface area contributed by atoms with Gasteiger partial charge in [-0.05, 0) is 24.8 Å². The third-order valence-electron chi connectivity index (χ3n) is 2.78. The van der Waals surface area contributed by atoms with Crippen LogP contribution >= 0.6 is 0 Å². The third kappa shape index (κ3) is 5.86. The second-order valence-corrected chi connectivity index (χ2v) is 4.31. The molecule has 0 aliphatic heterocycles. The molecule has 0 spiro atoms. The molecular formula is C15H19NO3. The number of carbonyl (C=O) groups is 2. The average molecular weight is 261 g/mol. The molecule has 4 nitrogen and oxygen atoms in total. The second-order valence-electron chi connectivity index (χ2n) is 4.31. The number of hydrogen-bond acceptors (Lipinski definition) is 2. The Kier molecular flexibility index (Phi) is 6.36. The minimum Gasteiger partial charge on any atom is -0.480 e. The maximum atomic E-state index is 11.7. The predicted molar refractivity (Wildman–Crippen MR) is 73.8 cm³/mol. The van der Waals surface area contributed by atoms with Gasteiger partial charge in [0.25, 0.3) is 0 Å². The molecule has 0 saturated carbocycles. The van der Waals surface area contributed by atoms with Crippen molar-refractivity contribution in [1.82, 2.24) is 5.32 Å². The molecule has 0 bridgehead atoms. The van der Waals surface area contributed by atoms with Gasteiger partial charge in [0.05, 0.1) is 0 Å². The molecule has 2 N–H and O–H groups in total. The molecule has 0 radical (unpaired) electrons. The molecule has 1 unspecified atom stereocenters. The van der Waals surface area contributed by atoms with Gasteiger partial charge in [0.15, 0.2) is 0 Å². The van der Waals surface area contributed by atoms with E-state index < -0.39 is 12.0 Å². The number of amides is 1. The summed E-state index contributed by atoms with van der Waals surface area (Å²) in [6.45, 7) is 3.54. The number of carbonyl (C=O) groups excluding carboxylic acids is 1. The molecule has 4 heteroatoms. The number of benzene rings is 1. The maximum absolute atomic E-state index is 11.7. The highest BCUT2D eigenvalue weighted by Crippen LogP contribution is 2.04. The summed E-state index contributed by atoms with van der Waals surface area (Å²) >= 11 is 0. The zero-order valence-electron chi connectivity index (χ0n) is 10.8. The average Bonchev–Trinajstić information content (AvgIpc) is 2.42. The van der Waals surface area contributed by atoms with Gasteiger partial charge in [0.1, 0.15) is 6.04 Å². The van der Waals surface area contributed by atoms with Gasteiger partial charge < -0.3 is 10.4 Å². The summed E-state index contributed by atoms with van der Waals surface area (Å²) in [6.07, 6.45) is 3.49. The topological polar surface area (TPSA) is 66.4 Å². The molecule has 0 fully saturated rings. The summed E-state index contributed by atoms with van der Waals surface area (Å²) in [5.74, 6) is -1.24. The quantitative estimate of drug-likeness (QED) is 0.705. The normalized spacial score (nSPS) is 11.6. The second kappa shape index (κ2) is 8.08. The largest absolute Gasteiger partial charge is 0.480 e. The first kappa shape index (κ1) is 15.0. The van der Waals surface area contributed by atoms with Crippen LogP contribution in [0.3, 0.4) is 0 Å². The summed E-state index contributed by atoms with van der Waals surface area (Å²) in [7, 11) is 0. The lowest BCUT2D eigenvalue weighted by Gasteiger charge is -2.13. The zero-order valence-corrected chi connectivity index (χ0v) is 10.8. The maximum Gasteiger partial charge on any atom is 0.326 e. The van der Waals surface area contributed by atoms with Crippen LogP contribution in [-0.4, -0.2) is 23.0 Å². The third-order valence-corrected chi connectivity index (χ3v) is 2.78. The van der Waals surface area contributed by atoms with E-state index in [4.69, 9.17) is 5.11 Å². The number of nitrogens with one attached hydrogen (secondary N) is 1. The first-order valence-electron chi connectivity index (χ1n) is 6.30.